The van der Waals surface area contributed by atoms with E-state index in [2.05, 4.69) is 10.6 Å². The number of hydrogen-bond acceptors (Lipinski definition) is 2. The first-order valence-electron chi connectivity index (χ1n) is 5.34. The van der Waals surface area contributed by atoms with Crippen LogP contribution in [0.4, 0.5) is 0 Å². The maximum absolute atomic E-state index is 11.4. The van der Waals surface area contributed by atoms with Gasteiger partial charge in [0.2, 0.25) is 5.91 Å². The molecule has 3 nitrogen and oxygen atoms in total. The zero-order valence-corrected chi connectivity index (χ0v) is 7.75. The number of fused-ring (bicyclic) bond motifs is 1. The highest BCUT2D eigenvalue weighted by molar-refractivity contribution is 5.77. The lowest BCUT2D eigenvalue weighted by atomic mass is 10.3. The van der Waals surface area contributed by atoms with Crippen LogP contribution < -0.4 is 10.6 Å². The van der Waals surface area contributed by atoms with E-state index in [0.29, 0.717) is 11.9 Å². The third kappa shape index (κ3) is 1.46. The molecule has 2 atom stereocenters. The molecular formula is C10H16N2O. The van der Waals surface area contributed by atoms with E-state index >= 15 is 0 Å². The summed E-state index contributed by atoms with van der Waals surface area (Å²) in [5, 5.41) is 6.48. The number of piperidine rings is 1. The van der Waals surface area contributed by atoms with Crippen molar-refractivity contribution in [2.75, 3.05) is 13.1 Å². The van der Waals surface area contributed by atoms with Crippen molar-refractivity contribution in [3.63, 3.8) is 0 Å². The van der Waals surface area contributed by atoms with Gasteiger partial charge < -0.3 is 10.6 Å². The third-order valence-electron chi connectivity index (χ3n) is 3.59. The van der Waals surface area contributed by atoms with Gasteiger partial charge in [-0.05, 0) is 30.6 Å². The predicted octanol–water partition coefficient (Wildman–Crippen LogP) is 0.120. The molecule has 2 aliphatic carbocycles. The molecule has 0 aromatic heterocycles. The molecule has 2 N–H and O–H groups in total. The lowest BCUT2D eigenvalue weighted by Gasteiger charge is -2.06. The predicted molar refractivity (Wildman–Crippen MR) is 49.1 cm³/mol. The monoisotopic (exact) mass is 180 g/mol. The van der Waals surface area contributed by atoms with Gasteiger partial charge in [-0.2, -0.15) is 0 Å². The van der Waals surface area contributed by atoms with Crippen LogP contribution in [0, 0.1) is 17.8 Å². The summed E-state index contributed by atoms with van der Waals surface area (Å²) in [4.78, 5) is 11.4. The van der Waals surface area contributed by atoms with Gasteiger partial charge in [0.1, 0.15) is 0 Å². The molecule has 0 aromatic carbocycles. The van der Waals surface area contributed by atoms with Crippen molar-refractivity contribution in [2.24, 2.45) is 17.8 Å². The van der Waals surface area contributed by atoms with Crippen LogP contribution in [-0.4, -0.2) is 25.0 Å². The molecule has 3 rings (SSSR count). The van der Waals surface area contributed by atoms with Crippen LogP contribution in [0.1, 0.15) is 19.3 Å². The summed E-state index contributed by atoms with van der Waals surface area (Å²) in [5.74, 6) is 2.52. The molecule has 1 amide bonds. The second kappa shape index (κ2) is 2.71. The minimum absolute atomic E-state index is 0.293. The summed E-state index contributed by atoms with van der Waals surface area (Å²) in [7, 11) is 0. The summed E-state index contributed by atoms with van der Waals surface area (Å²) in [6.45, 7) is 2.22. The van der Waals surface area contributed by atoms with Crippen molar-refractivity contribution in [1.29, 1.82) is 0 Å². The zero-order chi connectivity index (χ0) is 8.84. The molecular weight excluding hydrogens is 164 g/mol. The van der Waals surface area contributed by atoms with Crippen LogP contribution >= 0.6 is 0 Å². The molecule has 1 aliphatic heterocycles. The molecule has 2 saturated carbocycles. The third-order valence-corrected chi connectivity index (χ3v) is 3.59. The highest BCUT2D eigenvalue weighted by Gasteiger charge is 2.53. The molecule has 3 aliphatic rings. The van der Waals surface area contributed by atoms with Crippen LogP contribution in [0.15, 0.2) is 0 Å². The van der Waals surface area contributed by atoms with Crippen molar-refractivity contribution in [3.8, 4) is 0 Å². The van der Waals surface area contributed by atoms with Crippen molar-refractivity contribution < 1.29 is 4.79 Å². The molecule has 0 bridgehead atoms. The fourth-order valence-corrected chi connectivity index (χ4v) is 2.46. The number of rotatable bonds is 3. The minimum atomic E-state index is 0.293. The van der Waals surface area contributed by atoms with Crippen molar-refractivity contribution in [1.82, 2.24) is 10.6 Å². The van der Waals surface area contributed by atoms with Gasteiger partial charge in [0.25, 0.3) is 0 Å². The lowest BCUT2D eigenvalue weighted by molar-refractivity contribution is -0.121. The van der Waals surface area contributed by atoms with Crippen molar-refractivity contribution in [3.05, 3.63) is 0 Å². The molecule has 13 heavy (non-hydrogen) atoms. The topological polar surface area (TPSA) is 41.1 Å². The second-order valence-electron chi connectivity index (χ2n) is 4.73. The van der Waals surface area contributed by atoms with E-state index in [9.17, 15) is 4.79 Å². The Morgan fingerprint density at radius 2 is 2.00 bits per heavy atom. The number of carbonyl (C=O) groups is 1. The normalized spacial score (nSPS) is 41.4. The Labute approximate surface area is 78.3 Å². The lowest BCUT2D eigenvalue weighted by Crippen LogP contribution is -2.32. The van der Waals surface area contributed by atoms with Crippen molar-refractivity contribution in [2.45, 2.75) is 25.3 Å². The summed E-state index contributed by atoms with van der Waals surface area (Å²) < 4.78 is 0. The van der Waals surface area contributed by atoms with Gasteiger partial charge in [0.15, 0.2) is 0 Å². The van der Waals surface area contributed by atoms with Gasteiger partial charge in [0, 0.05) is 25.6 Å². The van der Waals surface area contributed by atoms with Crippen LogP contribution in [0.5, 0.6) is 0 Å². The van der Waals surface area contributed by atoms with E-state index in [0.717, 1.165) is 37.3 Å². The first kappa shape index (κ1) is 7.80. The van der Waals surface area contributed by atoms with Crippen LogP contribution in [-0.2, 0) is 4.79 Å². The van der Waals surface area contributed by atoms with Crippen LogP contribution in [0.2, 0.25) is 0 Å². The smallest absolute Gasteiger partial charge is 0.220 e. The molecule has 72 valence electrons. The van der Waals surface area contributed by atoms with Gasteiger partial charge >= 0.3 is 0 Å². The van der Waals surface area contributed by atoms with E-state index in [-0.39, 0.29) is 0 Å². The fraction of sp³-hybridized carbons (Fsp3) is 0.900. The highest BCUT2D eigenvalue weighted by Crippen LogP contribution is 2.42. The Morgan fingerprint density at radius 1 is 1.31 bits per heavy atom. The van der Waals surface area contributed by atoms with E-state index < -0.39 is 0 Å². The minimum Gasteiger partial charge on any atom is -0.353 e. The Hall–Kier alpha value is -0.570. The maximum Gasteiger partial charge on any atom is 0.220 e. The Balaban J connectivity index is 1.45. The highest BCUT2D eigenvalue weighted by atomic mass is 16.1. The first-order chi connectivity index (χ1) is 6.34. The number of carbonyl (C=O) groups excluding carboxylic acids is 1. The average molecular weight is 180 g/mol. The maximum atomic E-state index is 11.4. The van der Waals surface area contributed by atoms with E-state index in [1.807, 2.05) is 0 Å². The molecule has 0 radical (unpaired) electrons. The van der Waals surface area contributed by atoms with E-state index in [1.54, 1.807) is 0 Å². The molecule has 0 spiro atoms. The molecule has 1 saturated heterocycles. The molecule has 3 fully saturated rings. The summed E-state index contributed by atoms with van der Waals surface area (Å²) in [6, 6.07) is 0.521. The summed E-state index contributed by atoms with van der Waals surface area (Å²) >= 11 is 0. The fourth-order valence-electron chi connectivity index (χ4n) is 2.46. The van der Waals surface area contributed by atoms with Gasteiger partial charge in [0.05, 0.1) is 0 Å². The number of nitrogens with one attached hydrogen (secondary N) is 2. The SMILES string of the molecule is O=C(CC1CC1)NC1C2CNCC21. The molecule has 2 unspecified atom stereocenters. The number of amides is 1. The number of hydrogen-bond donors (Lipinski definition) is 2. The standard InChI is InChI=1S/C10H16N2O/c13-9(3-6-1-2-6)12-10-7-4-11-5-8(7)10/h6-8,10-11H,1-5H2,(H,12,13). The van der Waals surface area contributed by atoms with Gasteiger partial charge in [-0.25, -0.2) is 0 Å². The van der Waals surface area contributed by atoms with Crippen LogP contribution in [0.25, 0.3) is 0 Å². The zero-order valence-electron chi connectivity index (χ0n) is 7.75. The van der Waals surface area contributed by atoms with Crippen LogP contribution in [0.3, 0.4) is 0 Å². The largest absolute Gasteiger partial charge is 0.353 e. The second-order valence-corrected chi connectivity index (χ2v) is 4.73. The van der Waals surface area contributed by atoms with Gasteiger partial charge in [-0.15, -0.1) is 0 Å². The summed E-state index contributed by atoms with van der Waals surface area (Å²) in [6.07, 6.45) is 3.32. The van der Waals surface area contributed by atoms with E-state index in [4.69, 9.17) is 0 Å². The average Bonchev–Trinajstić information content (AvgIpc) is 2.97. The quantitative estimate of drug-likeness (QED) is 0.647. The molecule has 0 aromatic rings. The first-order valence-corrected chi connectivity index (χ1v) is 5.34. The molecule has 3 heteroatoms. The Kier molecular flexibility index (Phi) is 1.62. The van der Waals surface area contributed by atoms with Gasteiger partial charge in [-0.3, -0.25) is 4.79 Å². The molecule has 1 heterocycles. The Bertz CT molecular complexity index is 227. The van der Waals surface area contributed by atoms with Gasteiger partial charge in [-0.1, -0.05) is 0 Å². The summed E-state index contributed by atoms with van der Waals surface area (Å²) in [5.41, 5.74) is 0. The van der Waals surface area contributed by atoms with Crippen molar-refractivity contribution >= 4 is 5.91 Å². The Morgan fingerprint density at radius 3 is 2.62 bits per heavy atom. The van der Waals surface area contributed by atoms with E-state index in [1.165, 1.54) is 12.8 Å².